The molecule has 3 rings (SSSR count). The molecule has 0 aromatic heterocycles. The number of halogens is 1. The number of benzene rings is 1. The number of rotatable bonds is 7. The molecule has 2 heterocycles. The van der Waals surface area contributed by atoms with Crippen molar-refractivity contribution in [1.82, 2.24) is 20.4 Å². The highest BCUT2D eigenvalue weighted by molar-refractivity contribution is 6.30. The normalized spacial score (nSPS) is 20.0. The Morgan fingerprint density at radius 1 is 1.00 bits per heavy atom. The molecule has 7 heteroatoms. The number of imide groups is 1. The Morgan fingerprint density at radius 3 is 2.42 bits per heavy atom. The zero-order valence-corrected chi connectivity index (χ0v) is 15.6. The third kappa shape index (κ3) is 5.06. The van der Waals surface area contributed by atoms with Crippen molar-refractivity contribution in [2.45, 2.75) is 19.3 Å². The first kappa shape index (κ1) is 18.9. The van der Waals surface area contributed by atoms with Gasteiger partial charge in [-0.1, -0.05) is 30.2 Å². The van der Waals surface area contributed by atoms with Crippen LogP contribution < -0.4 is 10.6 Å². The molecule has 1 aromatic carbocycles. The molecule has 2 aliphatic heterocycles. The second kappa shape index (κ2) is 9.16. The molecule has 1 aromatic rings. The molecule has 0 atom stereocenters. The van der Waals surface area contributed by atoms with Crippen molar-refractivity contribution >= 4 is 29.6 Å². The number of unbranched alkanes of at least 4 members (excludes halogenated alkanes) is 2. The molecular weight excluding hydrogens is 352 g/mol. The average Bonchev–Trinajstić information content (AvgIpc) is 2.91. The lowest BCUT2D eigenvalue weighted by Crippen LogP contribution is -2.43. The molecule has 0 bridgehead atoms. The molecule has 6 nitrogen and oxygen atoms in total. The number of nitrogens with one attached hydrogen (secondary N) is 2. The summed E-state index contributed by atoms with van der Waals surface area (Å²) in [4.78, 5) is 28.3. The summed E-state index contributed by atoms with van der Waals surface area (Å²) < 4.78 is 0. The van der Waals surface area contributed by atoms with Gasteiger partial charge in [-0.3, -0.25) is 9.69 Å². The second-order valence-corrected chi connectivity index (χ2v) is 7.09. The first-order valence-electron chi connectivity index (χ1n) is 9.17. The summed E-state index contributed by atoms with van der Waals surface area (Å²) in [5.41, 5.74) is 1.15. The summed E-state index contributed by atoms with van der Waals surface area (Å²) in [6.07, 6.45) is 4.62. The lowest BCUT2D eigenvalue weighted by atomic mass is 10.2. The van der Waals surface area contributed by atoms with Gasteiger partial charge in [0.2, 0.25) is 0 Å². The van der Waals surface area contributed by atoms with Crippen molar-refractivity contribution in [2.24, 2.45) is 0 Å². The molecule has 0 spiro atoms. The van der Waals surface area contributed by atoms with Crippen molar-refractivity contribution in [2.75, 3.05) is 39.3 Å². The van der Waals surface area contributed by atoms with Crippen LogP contribution in [0, 0.1) is 0 Å². The van der Waals surface area contributed by atoms with Gasteiger partial charge in [0.05, 0.1) is 0 Å². The highest BCUT2D eigenvalue weighted by Crippen LogP contribution is 2.17. The first-order chi connectivity index (χ1) is 12.6. The topological polar surface area (TPSA) is 64.7 Å². The molecule has 0 saturated carbocycles. The minimum atomic E-state index is -0.336. The third-order valence-electron chi connectivity index (χ3n) is 4.71. The first-order valence-corrected chi connectivity index (χ1v) is 9.54. The van der Waals surface area contributed by atoms with Crippen molar-refractivity contribution in [3.63, 3.8) is 0 Å². The van der Waals surface area contributed by atoms with E-state index in [0.717, 1.165) is 57.5 Å². The Labute approximate surface area is 159 Å². The fraction of sp³-hybridized carbons (Fsp3) is 0.474. The molecule has 3 amide bonds. The minimum absolute atomic E-state index is 0.257. The van der Waals surface area contributed by atoms with E-state index < -0.39 is 0 Å². The maximum atomic E-state index is 12.4. The molecule has 2 aliphatic rings. The van der Waals surface area contributed by atoms with E-state index in [2.05, 4.69) is 15.5 Å². The molecule has 2 saturated heterocycles. The second-order valence-electron chi connectivity index (χ2n) is 6.65. The highest BCUT2D eigenvalue weighted by atomic mass is 35.5. The fourth-order valence-corrected chi connectivity index (χ4v) is 3.34. The monoisotopic (exact) mass is 376 g/mol. The van der Waals surface area contributed by atoms with Crippen LogP contribution in [0.25, 0.3) is 6.08 Å². The summed E-state index contributed by atoms with van der Waals surface area (Å²) in [6.45, 7) is 5.88. The summed E-state index contributed by atoms with van der Waals surface area (Å²) in [5, 5.41) is 6.64. The Kier molecular flexibility index (Phi) is 6.66. The van der Waals surface area contributed by atoms with Gasteiger partial charge in [-0.25, -0.2) is 4.79 Å². The standard InChI is InChI=1S/C19H25ClN4O2/c20-16-6-4-15(5-7-16)14-17-18(25)24(19(26)22-17)11-3-1-2-10-23-12-8-21-9-13-23/h4-7,14,21H,1-3,8-13H2,(H,22,26)/b17-14-. The molecule has 26 heavy (non-hydrogen) atoms. The Bertz CT molecular complexity index is 669. The zero-order valence-electron chi connectivity index (χ0n) is 14.8. The van der Waals surface area contributed by atoms with E-state index in [4.69, 9.17) is 11.6 Å². The lowest BCUT2D eigenvalue weighted by molar-refractivity contribution is -0.122. The van der Waals surface area contributed by atoms with Gasteiger partial charge in [0.15, 0.2) is 0 Å². The predicted molar refractivity (Wildman–Crippen MR) is 103 cm³/mol. The van der Waals surface area contributed by atoms with Crippen molar-refractivity contribution < 1.29 is 9.59 Å². The van der Waals surface area contributed by atoms with E-state index in [1.165, 1.54) is 4.90 Å². The van der Waals surface area contributed by atoms with E-state index in [1.54, 1.807) is 18.2 Å². The molecule has 2 N–H and O–H groups in total. The predicted octanol–water partition coefficient (Wildman–Crippen LogP) is 2.31. The third-order valence-corrected chi connectivity index (χ3v) is 4.96. The average molecular weight is 377 g/mol. The van der Waals surface area contributed by atoms with Crippen LogP contribution in [0.1, 0.15) is 24.8 Å². The number of carbonyl (C=O) groups excluding carboxylic acids is 2. The van der Waals surface area contributed by atoms with Gasteiger partial charge in [-0.2, -0.15) is 0 Å². The van der Waals surface area contributed by atoms with Crippen LogP contribution >= 0.6 is 11.6 Å². The minimum Gasteiger partial charge on any atom is -0.314 e. The van der Waals surface area contributed by atoms with Crippen LogP contribution in [0.4, 0.5) is 4.79 Å². The van der Waals surface area contributed by atoms with Crippen LogP contribution in [0.15, 0.2) is 30.0 Å². The van der Waals surface area contributed by atoms with Crippen LogP contribution in [-0.4, -0.2) is 61.0 Å². The van der Waals surface area contributed by atoms with Crippen LogP contribution in [0.2, 0.25) is 5.02 Å². The van der Waals surface area contributed by atoms with Crippen molar-refractivity contribution in [3.05, 3.63) is 40.5 Å². The van der Waals surface area contributed by atoms with Gasteiger partial charge in [0.25, 0.3) is 5.91 Å². The zero-order chi connectivity index (χ0) is 18.4. The molecule has 0 aliphatic carbocycles. The van der Waals surface area contributed by atoms with E-state index in [-0.39, 0.29) is 11.9 Å². The summed E-state index contributed by atoms with van der Waals surface area (Å²) in [5.74, 6) is -0.257. The number of nitrogens with zero attached hydrogens (tertiary/aromatic N) is 2. The van der Waals surface area contributed by atoms with Gasteiger partial charge < -0.3 is 15.5 Å². The van der Waals surface area contributed by atoms with Gasteiger partial charge in [0.1, 0.15) is 5.70 Å². The number of hydrogen-bond acceptors (Lipinski definition) is 4. The van der Waals surface area contributed by atoms with Crippen LogP contribution in [0.3, 0.4) is 0 Å². The van der Waals surface area contributed by atoms with Gasteiger partial charge in [-0.05, 0) is 43.2 Å². The van der Waals surface area contributed by atoms with E-state index in [9.17, 15) is 9.59 Å². The quantitative estimate of drug-likeness (QED) is 0.435. The van der Waals surface area contributed by atoms with E-state index >= 15 is 0 Å². The number of carbonyl (C=O) groups is 2. The van der Waals surface area contributed by atoms with Gasteiger partial charge >= 0.3 is 6.03 Å². The Hall–Kier alpha value is -1.89. The van der Waals surface area contributed by atoms with E-state index in [1.807, 2.05) is 12.1 Å². The molecular formula is C19H25ClN4O2. The van der Waals surface area contributed by atoms with Crippen molar-refractivity contribution in [3.8, 4) is 0 Å². The molecule has 0 radical (unpaired) electrons. The maximum Gasteiger partial charge on any atom is 0.329 e. The summed E-state index contributed by atoms with van der Waals surface area (Å²) in [6, 6.07) is 6.80. The Morgan fingerprint density at radius 2 is 1.69 bits per heavy atom. The lowest BCUT2D eigenvalue weighted by Gasteiger charge is -2.27. The molecule has 0 unspecified atom stereocenters. The maximum absolute atomic E-state index is 12.4. The number of amides is 3. The molecule has 2 fully saturated rings. The summed E-state index contributed by atoms with van der Waals surface area (Å²) >= 11 is 5.86. The highest BCUT2D eigenvalue weighted by Gasteiger charge is 2.32. The van der Waals surface area contributed by atoms with Crippen LogP contribution in [-0.2, 0) is 4.79 Å². The van der Waals surface area contributed by atoms with E-state index in [0.29, 0.717) is 17.3 Å². The number of urea groups is 1. The fourth-order valence-electron chi connectivity index (χ4n) is 3.22. The van der Waals surface area contributed by atoms with Gasteiger partial charge in [0, 0.05) is 37.7 Å². The smallest absolute Gasteiger partial charge is 0.314 e. The Balaban J connectivity index is 1.44. The summed E-state index contributed by atoms with van der Waals surface area (Å²) in [7, 11) is 0. The van der Waals surface area contributed by atoms with Crippen molar-refractivity contribution in [1.29, 1.82) is 0 Å². The van der Waals surface area contributed by atoms with Gasteiger partial charge in [-0.15, -0.1) is 0 Å². The SMILES string of the molecule is O=C1N/C(=C\c2ccc(Cl)cc2)C(=O)N1CCCCCN1CCNCC1. The number of piperazine rings is 1. The number of hydrogen-bond donors (Lipinski definition) is 2. The molecule has 140 valence electrons. The largest absolute Gasteiger partial charge is 0.329 e. The van der Waals surface area contributed by atoms with Crippen LogP contribution in [0.5, 0.6) is 0 Å².